The highest BCUT2D eigenvalue weighted by Crippen LogP contribution is 2.35. The molecule has 1 aromatic heterocycles. The molecule has 2 heterocycles. The van der Waals surface area contributed by atoms with Crippen molar-refractivity contribution in [3.8, 4) is 0 Å². The van der Waals surface area contributed by atoms with Crippen LogP contribution >= 0.6 is 0 Å². The normalized spacial score (nSPS) is 20.6. The Hall–Kier alpha value is -1.32. The van der Waals surface area contributed by atoms with Crippen LogP contribution in [0.3, 0.4) is 0 Å². The van der Waals surface area contributed by atoms with Crippen molar-refractivity contribution >= 4 is 11.8 Å². The van der Waals surface area contributed by atoms with Crippen LogP contribution in [-0.2, 0) is 0 Å². The smallest absolute Gasteiger partial charge is 0.224 e. The van der Waals surface area contributed by atoms with Gasteiger partial charge in [0.1, 0.15) is 5.82 Å². The van der Waals surface area contributed by atoms with E-state index in [2.05, 4.69) is 47.0 Å². The highest BCUT2D eigenvalue weighted by atomic mass is 15.2. The standard InChI is InChI=1S/C16H28N4/c1-12-11-14(19-15(17-5)18-12)20-9-6-7-13(8-10-20)16(2,3)4/h11,13H,6-10H2,1-5H3,(H,17,18,19). The van der Waals surface area contributed by atoms with Crippen molar-refractivity contribution in [2.24, 2.45) is 11.3 Å². The molecule has 1 atom stereocenters. The van der Waals surface area contributed by atoms with E-state index in [0.717, 1.165) is 36.5 Å². The van der Waals surface area contributed by atoms with Gasteiger partial charge >= 0.3 is 0 Å². The molecule has 112 valence electrons. The number of nitrogens with zero attached hydrogens (tertiary/aromatic N) is 3. The van der Waals surface area contributed by atoms with Gasteiger partial charge in [-0.1, -0.05) is 20.8 Å². The summed E-state index contributed by atoms with van der Waals surface area (Å²) in [5.74, 6) is 2.59. The van der Waals surface area contributed by atoms with Crippen molar-refractivity contribution in [2.45, 2.75) is 47.0 Å². The number of hydrogen-bond acceptors (Lipinski definition) is 4. The molecule has 1 N–H and O–H groups in total. The van der Waals surface area contributed by atoms with Crippen molar-refractivity contribution in [3.05, 3.63) is 11.8 Å². The van der Waals surface area contributed by atoms with Crippen LogP contribution in [0.4, 0.5) is 11.8 Å². The van der Waals surface area contributed by atoms with Gasteiger partial charge in [-0.3, -0.25) is 0 Å². The van der Waals surface area contributed by atoms with Crippen molar-refractivity contribution in [3.63, 3.8) is 0 Å². The van der Waals surface area contributed by atoms with E-state index in [0.29, 0.717) is 5.41 Å². The summed E-state index contributed by atoms with van der Waals surface area (Å²) in [7, 11) is 1.87. The molecule has 0 saturated carbocycles. The number of aromatic nitrogens is 2. The van der Waals surface area contributed by atoms with Crippen LogP contribution in [0.1, 0.15) is 45.7 Å². The summed E-state index contributed by atoms with van der Waals surface area (Å²) in [5.41, 5.74) is 1.43. The second kappa shape index (κ2) is 5.98. The van der Waals surface area contributed by atoms with Crippen LogP contribution < -0.4 is 10.2 Å². The third-order valence-corrected chi connectivity index (χ3v) is 4.34. The van der Waals surface area contributed by atoms with Gasteiger partial charge in [0.05, 0.1) is 0 Å². The van der Waals surface area contributed by atoms with Crippen LogP contribution in [-0.4, -0.2) is 30.1 Å². The van der Waals surface area contributed by atoms with Crippen LogP contribution in [0.2, 0.25) is 0 Å². The number of aryl methyl sites for hydroxylation is 1. The molecule has 0 aliphatic carbocycles. The minimum Gasteiger partial charge on any atom is -0.357 e. The minimum atomic E-state index is 0.410. The molecule has 0 amide bonds. The SMILES string of the molecule is CNc1nc(C)cc(N2CCCC(C(C)(C)C)CC2)n1. The van der Waals surface area contributed by atoms with E-state index < -0.39 is 0 Å². The Morgan fingerprint density at radius 1 is 1.20 bits per heavy atom. The van der Waals surface area contributed by atoms with Gasteiger partial charge in [0.2, 0.25) is 5.95 Å². The summed E-state index contributed by atoms with van der Waals surface area (Å²) in [6.07, 6.45) is 3.82. The fraction of sp³-hybridized carbons (Fsp3) is 0.750. The zero-order valence-corrected chi connectivity index (χ0v) is 13.5. The van der Waals surface area contributed by atoms with E-state index in [1.165, 1.54) is 19.3 Å². The Morgan fingerprint density at radius 2 is 1.95 bits per heavy atom. The molecule has 0 radical (unpaired) electrons. The summed E-state index contributed by atoms with van der Waals surface area (Å²) in [6, 6.07) is 2.10. The van der Waals surface area contributed by atoms with Gasteiger partial charge < -0.3 is 10.2 Å². The molecule has 1 aliphatic heterocycles. The number of hydrogen-bond donors (Lipinski definition) is 1. The Morgan fingerprint density at radius 3 is 2.60 bits per heavy atom. The lowest BCUT2D eigenvalue weighted by atomic mass is 9.77. The molecule has 0 aromatic carbocycles. The Balaban J connectivity index is 2.12. The first-order valence-corrected chi connectivity index (χ1v) is 7.68. The zero-order valence-electron chi connectivity index (χ0n) is 13.5. The molecule has 2 rings (SSSR count). The van der Waals surface area contributed by atoms with Gasteiger partial charge in [-0.2, -0.15) is 4.98 Å². The maximum atomic E-state index is 4.61. The molecule has 1 unspecified atom stereocenters. The van der Waals surface area contributed by atoms with Crippen LogP contribution in [0.5, 0.6) is 0 Å². The third-order valence-electron chi connectivity index (χ3n) is 4.34. The lowest BCUT2D eigenvalue weighted by Gasteiger charge is -2.30. The minimum absolute atomic E-state index is 0.410. The lowest BCUT2D eigenvalue weighted by molar-refractivity contribution is 0.220. The van der Waals surface area contributed by atoms with E-state index >= 15 is 0 Å². The largest absolute Gasteiger partial charge is 0.357 e. The Kier molecular flexibility index (Phi) is 4.51. The second-order valence-corrected chi connectivity index (χ2v) is 6.92. The van der Waals surface area contributed by atoms with E-state index in [-0.39, 0.29) is 0 Å². The molecular weight excluding hydrogens is 248 g/mol. The van der Waals surface area contributed by atoms with E-state index in [1.807, 2.05) is 14.0 Å². The first kappa shape index (κ1) is 15.1. The molecule has 4 heteroatoms. The molecule has 1 aliphatic rings. The van der Waals surface area contributed by atoms with Gasteiger partial charge in [-0.15, -0.1) is 0 Å². The summed E-state index contributed by atoms with van der Waals surface area (Å²) >= 11 is 0. The number of rotatable bonds is 2. The van der Waals surface area contributed by atoms with Gasteiger partial charge in [-0.05, 0) is 37.5 Å². The molecule has 20 heavy (non-hydrogen) atoms. The van der Waals surface area contributed by atoms with Gasteiger partial charge in [0.25, 0.3) is 0 Å². The highest BCUT2D eigenvalue weighted by Gasteiger charge is 2.27. The average molecular weight is 276 g/mol. The number of anilines is 2. The predicted molar refractivity (Wildman–Crippen MR) is 85.3 cm³/mol. The molecule has 1 fully saturated rings. The van der Waals surface area contributed by atoms with Gasteiger partial charge in [-0.25, -0.2) is 4.98 Å². The van der Waals surface area contributed by atoms with Crippen LogP contribution in [0.25, 0.3) is 0 Å². The summed E-state index contributed by atoms with van der Waals surface area (Å²) in [4.78, 5) is 11.4. The molecule has 4 nitrogen and oxygen atoms in total. The molecular formula is C16H28N4. The van der Waals surface area contributed by atoms with E-state index in [9.17, 15) is 0 Å². The topological polar surface area (TPSA) is 41.1 Å². The molecule has 0 bridgehead atoms. The predicted octanol–water partition coefficient (Wildman–Crippen LogP) is 3.48. The Bertz CT molecular complexity index is 450. The van der Waals surface area contributed by atoms with Crippen molar-refractivity contribution in [1.82, 2.24) is 9.97 Å². The zero-order chi connectivity index (χ0) is 14.8. The fourth-order valence-electron chi connectivity index (χ4n) is 3.02. The lowest BCUT2D eigenvalue weighted by Crippen LogP contribution is -2.27. The second-order valence-electron chi connectivity index (χ2n) is 6.92. The monoisotopic (exact) mass is 276 g/mol. The Labute approximate surface area is 123 Å². The van der Waals surface area contributed by atoms with E-state index in [1.54, 1.807) is 0 Å². The summed E-state index contributed by atoms with van der Waals surface area (Å²) in [5, 5.41) is 3.05. The van der Waals surface area contributed by atoms with Crippen molar-refractivity contribution in [1.29, 1.82) is 0 Å². The third kappa shape index (κ3) is 3.62. The summed E-state index contributed by atoms with van der Waals surface area (Å²) < 4.78 is 0. The first-order valence-electron chi connectivity index (χ1n) is 7.68. The quantitative estimate of drug-likeness (QED) is 0.898. The van der Waals surface area contributed by atoms with E-state index in [4.69, 9.17) is 0 Å². The van der Waals surface area contributed by atoms with Crippen molar-refractivity contribution in [2.75, 3.05) is 30.4 Å². The molecule has 1 aromatic rings. The highest BCUT2D eigenvalue weighted by molar-refractivity contribution is 5.44. The number of nitrogens with one attached hydrogen (secondary N) is 1. The van der Waals surface area contributed by atoms with Gasteiger partial charge in [0, 0.05) is 31.9 Å². The van der Waals surface area contributed by atoms with Crippen molar-refractivity contribution < 1.29 is 0 Å². The van der Waals surface area contributed by atoms with Gasteiger partial charge in [0.15, 0.2) is 0 Å². The molecule has 0 spiro atoms. The average Bonchev–Trinajstić information content (AvgIpc) is 2.63. The summed E-state index contributed by atoms with van der Waals surface area (Å²) in [6.45, 7) is 11.3. The van der Waals surface area contributed by atoms with Crippen LogP contribution in [0, 0.1) is 18.3 Å². The maximum Gasteiger partial charge on any atom is 0.224 e. The fourth-order valence-corrected chi connectivity index (χ4v) is 3.02. The maximum absolute atomic E-state index is 4.61. The molecule has 1 saturated heterocycles. The first-order chi connectivity index (χ1) is 9.40. The van der Waals surface area contributed by atoms with Crippen LogP contribution in [0.15, 0.2) is 6.07 Å².